The van der Waals surface area contributed by atoms with Crippen molar-refractivity contribution in [2.24, 2.45) is 50.6 Å². The van der Waals surface area contributed by atoms with Crippen LogP contribution in [0.4, 0.5) is 0 Å². The van der Waals surface area contributed by atoms with E-state index in [9.17, 15) is 60.0 Å². The summed E-state index contributed by atoms with van der Waals surface area (Å²) < 4.78 is 23.3. The van der Waals surface area contributed by atoms with Gasteiger partial charge in [0.25, 0.3) is 0 Å². The Morgan fingerprint density at radius 1 is 0.724 bits per heavy atom. The van der Waals surface area contributed by atoms with Crippen LogP contribution in [-0.2, 0) is 38.1 Å². The number of allylic oxidation sites excluding steroid dienone is 1. The Morgan fingerprint density at radius 3 is 1.91 bits per heavy atom. The summed E-state index contributed by atoms with van der Waals surface area (Å²) in [6, 6.07) is 0. The third kappa shape index (κ3) is 6.24. The molecule has 10 N–H and O–H groups in total. The summed E-state index contributed by atoms with van der Waals surface area (Å²) in [6.45, 7) is 12.2. The molecule has 17 nitrogen and oxygen atoms in total. The fraction of sp³-hybridized carbons (Fsp3) is 0.854. The maximum Gasteiger partial charge on any atom is 0.335 e. The zero-order chi connectivity index (χ0) is 42.9. The molecule has 19 atom stereocenters. The van der Waals surface area contributed by atoms with Crippen LogP contribution >= 0.6 is 0 Å². The van der Waals surface area contributed by atoms with E-state index in [1.54, 1.807) is 13.0 Å². The molecule has 0 aromatic carbocycles. The predicted molar refractivity (Wildman–Crippen MR) is 198 cm³/mol. The Kier molecular flexibility index (Phi) is 10.7. The van der Waals surface area contributed by atoms with Crippen molar-refractivity contribution in [2.75, 3.05) is 0 Å². The van der Waals surface area contributed by atoms with Gasteiger partial charge < -0.3 is 65.5 Å². The van der Waals surface area contributed by atoms with Crippen LogP contribution in [0.2, 0.25) is 0 Å². The Bertz CT molecular complexity index is 1740. The standard InChI is InChI=1S/C41H61NO16/c1-36(2)20-7-10-40(6)30(19(43)15-17-18-16-38(4,35(53)54)12-11-37(18,3)13-14-41(17,40)42)39(20,5)9-8-21(36)55-34-29(25(47)24(46)28(57-34)32(51)52)58-33-26(48)22(44)23(45)27(56-33)31(49)50/h15,18,20-30,33-34,44-48H,7-14,16,42H2,1-6H3,(H,49,50)(H,51,52)(H,53,54)/t18-,20-,21-,22-,23-,24-,25-,26+,27-,28-,29+,30+,33-,34-,37+,38-,39-,40+,41-/m0/s1. The van der Waals surface area contributed by atoms with Crippen LogP contribution in [0.5, 0.6) is 0 Å². The van der Waals surface area contributed by atoms with E-state index in [1.807, 2.05) is 13.8 Å². The SMILES string of the molecule is CC1(C)[C@@H](O[C@H]2O[C@H](C(=O)O)[C@@H](O)[C@H](O)[C@H]2O[C@@H]2O[C@H](C(=O)O)[C@@H](O)[C@H](O)[C@H]2O)CC[C@]2(C)[C@H]3C(=O)C=C4[C@@H]5C[C@@](C)(C(=O)O)CC[C@]5(C)CC[C@@]4(N)[C@]3(C)CC[C@@H]12. The highest BCUT2D eigenvalue weighted by Gasteiger charge is 2.71. The quantitative estimate of drug-likeness (QED) is 0.161. The molecule has 7 aliphatic rings. The van der Waals surface area contributed by atoms with Crippen molar-refractivity contribution in [2.45, 2.75) is 172 Å². The molecule has 0 radical (unpaired) electrons. The third-order valence-corrected chi connectivity index (χ3v) is 16.8. The van der Waals surface area contributed by atoms with Gasteiger partial charge in [0.05, 0.1) is 11.5 Å². The van der Waals surface area contributed by atoms with E-state index in [4.69, 9.17) is 24.7 Å². The second-order valence-corrected chi connectivity index (χ2v) is 20.3. The number of hydrogen-bond donors (Lipinski definition) is 9. The van der Waals surface area contributed by atoms with Crippen LogP contribution < -0.4 is 5.73 Å². The molecule has 4 saturated carbocycles. The predicted octanol–water partition coefficient (Wildman–Crippen LogP) is 0.937. The Labute approximate surface area is 336 Å². The zero-order valence-electron chi connectivity index (χ0n) is 33.9. The monoisotopic (exact) mass is 823 g/mol. The van der Waals surface area contributed by atoms with Crippen LogP contribution in [0.1, 0.15) is 99.3 Å². The number of carbonyl (C=O) groups excluding carboxylic acids is 1. The highest BCUT2D eigenvalue weighted by molar-refractivity contribution is 5.96. The molecule has 17 heteroatoms. The molecule has 0 aromatic heterocycles. The van der Waals surface area contributed by atoms with Gasteiger partial charge in [0.15, 0.2) is 30.6 Å². The molecule has 0 amide bonds. The molecule has 326 valence electrons. The third-order valence-electron chi connectivity index (χ3n) is 16.8. The van der Waals surface area contributed by atoms with Gasteiger partial charge in [-0.2, -0.15) is 0 Å². The molecule has 0 aromatic rings. The van der Waals surface area contributed by atoms with Crippen molar-refractivity contribution in [3.05, 3.63) is 11.6 Å². The van der Waals surface area contributed by atoms with E-state index in [0.717, 1.165) is 18.4 Å². The number of nitrogens with two attached hydrogens (primary N) is 1. The maximum absolute atomic E-state index is 14.8. The van der Waals surface area contributed by atoms with Gasteiger partial charge in [-0.15, -0.1) is 0 Å². The van der Waals surface area contributed by atoms with E-state index in [1.165, 1.54) is 0 Å². The fourth-order valence-corrected chi connectivity index (χ4v) is 13.1. The minimum Gasteiger partial charge on any atom is -0.481 e. The molecule has 5 aliphatic carbocycles. The van der Waals surface area contributed by atoms with Crippen molar-refractivity contribution in [3.8, 4) is 0 Å². The van der Waals surface area contributed by atoms with E-state index in [0.29, 0.717) is 44.9 Å². The topological polar surface area (TPSA) is 293 Å². The summed E-state index contributed by atoms with van der Waals surface area (Å²) in [5.74, 6) is -4.92. The molecule has 7 rings (SSSR count). The van der Waals surface area contributed by atoms with Gasteiger partial charge in [0.2, 0.25) is 0 Å². The number of rotatable bonds is 7. The maximum atomic E-state index is 14.8. The summed E-state index contributed by atoms with van der Waals surface area (Å²) in [5.41, 5.74) is 4.63. The van der Waals surface area contributed by atoms with Gasteiger partial charge in [-0.05, 0) is 110 Å². The molecular formula is C41H61NO16. The fourth-order valence-electron chi connectivity index (χ4n) is 13.1. The molecule has 2 saturated heterocycles. The number of hydrogen-bond acceptors (Lipinski definition) is 14. The van der Waals surface area contributed by atoms with E-state index >= 15 is 0 Å². The second kappa shape index (κ2) is 14.2. The van der Waals surface area contributed by atoms with Crippen LogP contribution in [0.25, 0.3) is 0 Å². The van der Waals surface area contributed by atoms with Gasteiger partial charge in [-0.25, -0.2) is 9.59 Å². The first kappa shape index (κ1) is 43.5. The second-order valence-electron chi connectivity index (χ2n) is 20.3. The Morgan fingerprint density at radius 2 is 1.31 bits per heavy atom. The minimum absolute atomic E-state index is 0.0173. The van der Waals surface area contributed by atoms with Gasteiger partial charge in [0, 0.05) is 11.5 Å². The first-order chi connectivity index (χ1) is 26.8. The molecule has 58 heavy (non-hydrogen) atoms. The van der Waals surface area contributed by atoms with Gasteiger partial charge in [-0.3, -0.25) is 9.59 Å². The highest BCUT2D eigenvalue weighted by atomic mass is 16.8. The van der Waals surface area contributed by atoms with Gasteiger partial charge in [0.1, 0.15) is 36.6 Å². The summed E-state index contributed by atoms with van der Waals surface area (Å²) in [4.78, 5) is 51.2. The largest absolute Gasteiger partial charge is 0.481 e. The molecule has 2 aliphatic heterocycles. The van der Waals surface area contributed by atoms with Crippen LogP contribution in [-0.4, -0.2) is 138 Å². The number of ether oxygens (including phenoxy) is 4. The van der Waals surface area contributed by atoms with E-state index < -0.39 is 119 Å². The van der Waals surface area contributed by atoms with Crippen LogP contribution in [0.3, 0.4) is 0 Å². The normalized spacial score (nSPS) is 52.6. The lowest BCUT2D eigenvalue weighted by Gasteiger charge is -2.70. The van der Waals surface area contributed by atoms with Crippen LogP contribution in [0.15, 0.2) is 11.6 Å². The lowest BCUT2D eigenvalue weighted by atomic mass is 9.35. The minimum atomic E-state index is -2.06. The van der Waals surface area contributed by atoms with Gasteiger partial charge in [-0.1, -0.05) is 34.6 Å². The van der Waals surface area contributed by atoms with Crippen LogP contribution in [0, 0.1) is 44.8 Å². The number of aliphatic carboxylic acids is 3. The molecule has 6 fully saturated rings. The van der Waals surface area contributed by atoms with Crippen molar-refractivity contribution >= 4 is 23.7 Å². The van der Waals surface area contributed by atoms with Crippen molar-refractivity contribution in [3.63, 3.8) is 0 Å². The molecule has 2 heterocycles. The number of ketones is 1. The number of fused-ring (bicyclic) bond motifs is 7. The first-order valence-electron chi connectivity index (χ1n) is 20.5. The van der Waals surface area contributed by atoms with Crippen molar-refractivity contribution in [1.29, 1.82) is 0 Å². The van der Waals surface area contributed by atoms with Crippen molar-refractivity contribution < 1.29 is 79.0 Å². The number of aliphatic hydroxyl groups excluding tert-OH is 5. The lowest BCUT2D eigenvalue weighted by molar-refractivity contribution is -0.371. The molecule has 0 unspecified atom stereocenters. The molecule has 0 bridgehead atoms. The summed E-state index contributed by atoms with van der Waals surface area (Å²) in [5, 5.41) is 82.9. The zero-order valence-corrected chi connectivity index (χ0v) is 33.9. The average Bonchev–Trinajstić information content (AvgIpc) is 3.13. The average molecular weight is 824 g/mol. The summed E-state index contributed by atoms with van der Waals surface area (Å²) in [6.07, 6.45) is -13.3. The summed E-state index contributed by atoms with van der Waals surface area (Å²) in [7, 11) is 0. The number of carbonyl (C=O) groups is 4. The molecule has 0 spiro atoms. The number of carboxylic acid groups (broad SMARTS) is 3. The first-order valence-corrected chi connectivity index (χ1v) is 20.5. The highest BCUT2D eigenvalue weighted by Crippen LogP contribution is 2.72. The van der Waals surface area contributed by atoms with E-state index in [2.05, 4.69) is 20.8 Å². The van der Waals surface area contributed by atoms with E-state index in [-0.39, 0.29) is 23.0 Å². The van der Waals surface area contributed by atoms with Crippen molar-refractivity contribution in [1.82, 2.24) is 0 Å². The van der Waals surface area contributed by atoms with Gasteiger partial charge >= 0.3 is 17.9 Å². The number of carboxylic acids is 3. The Hall–Kier alpha value is -2.58. The Balaban J connectivity index is 1.17. The molecular weight excluding hydrogens is 762 g/mol. The lowest BCUT2D eigenvalue weighted by Crippen LogP contribution is -2.72. The summed E-state index contributed by atoms with van der Waals surface area (Å²) >= 11 is 0. The smallest absolute Gasteiger partial charge is 0.335 e. The number of aliphatic hydroxyl groups is 5.